The fourth-order valence-electron chi connectivity index (χ4n) is 6.37. The monoisotopic (exact) mass is 531 g/mol. The number of likely N-dealkylation sites (tertiary alicyclic amines) is 1. The highest BCUT2D eigenvalue weighted by molar-refractivity contribution is 5.95. The van der Waals surface area contributed by atoms with Gasteiger partial charge in [-0.3, -0.25) is 4.79 Å². The number of fused-ring (bicyclic) bond motifs is 1. The number of anilines is 1. The van der Waals surface area contributed by atoms with Crippen molar-refractivity contribution in [1.29, 1.82) is 0 Å². The van der Waals surface area contributed by atoms with Gasteiger partial charge in [0.2, 0.25) is 5.91 Å². The molecule has 1 saturated carbocycles. The van der Waals surface area contributed by atoms with Crippen LogP contribution in [0.2, 0.25) is 0 Å². The molecule has 1 unspecified atom stereocenters. The van der Waals surface area contributed by atoms with Crippen molar-refractivity contribution in [3.8, 4) is 16.9 Å². The highest BCUT2D eigenvalue weighted by Crippen LogP contribution is 2.36. The number of nitrogens with zero attached hydrogens (tertiary/aromatic N) is 4. The maximum Gasteiger partial charge on any atom is 0.245 e. The number of nitrogens with one attached hydrogen (secondary N) is 1. The quantitative estimate of drug-likeness (QED) is 0.423. The summed E-state index contributed by atoms with van der Waals surface area (Å²) in [4.78, 5) is 27.3. The Morgan fingerprint density at radius 1 is 1.10 bits per heavy atom. The van der Waals surface area contributed by atoms with E-state index in [2.05, 4.69) is 52.0 Å². The van der Waals surface area contributed by atoms with Gasteiger partial charge in [-0.05, 0) is 70.3 Å². The highest BCUT2D eigenvalue weighted by atomic mass is 16.5. The van der Waals surface area contributed by atoms with E-state index in [1.807, 2.05) is 36.4 Å². The van der Waals surface area contributed by atoms with Gasteiger partial charge < -0.3 is 24.6 Å². The molecule has 3 aromatic rings. The topological polar surface area (TPSA) is 79.8 Å². The summed E-state index contributed by atoms with van der Waals surface area (Å²) in [6.45, 7) is 5.92. The minimum Gasteiger partial charge on any atom is -0.496 e. The van der Waals surface area contributed by atoms with E-state index >= 15 is 0 Å². The molecular formula is C31H41N5O3. The standard InChI is InChI=1S/C31H41N5O3/c1-20(2)35(3)23-11-13-28(22(16-23)18-38-4)36-15-14-27(31(36)37)34-30-25-17-21(10-12-26(25)32-19-33-30)24-8-6-7-9-29(24)39-5/h6-10,12,17,19-20,22-23,27-28H,11,13-16,18H2,1-5H3,(H,32,33,34)/t22-,23+,27?,28-/m0/s1. The van der Waals surface area contributed by atoms with Gasteiger partial charge >= 0.3 is 0 Å². The van der Waals surface area contributed by atoms with E-state index in [0.717, 1.165) is 60.0 Å². The highest BCUT2D eigenvalue weighted by Gasteiger charge is 2.42. The van der Waals surface area contributed by atoms with E-state index in [1.165, 1.54) is 0 Å². The minimum atomic E-state index is -0.308. The molecule has 2 heterocycles. The number of carbonyl (C=O) groups excluding carboxylic acids is 1. The van der Waals surface area contributed by atoms with E-state index in [0.29, 0.717) is 30.4 Å². The van der Waals surface area contributed by atoms with Crippen LogP contribution in [0.25, 0.3) is 22.0 Å². The fraction of sp³-hybridized carbons (Fsp3) is 0.516. The molecule has 4 atom stereocenters. The van der Waals surface area contributed by atoms with E-state index < -0.39 is 0 Å². The van der Waals surface area contributed by atoms with Crippen LogP contribution in [-0.4, -0.2) is 84.3 Å². The maximum absolute atomic E-state index is 13.7. The first-order chi connectivity index (χ1) is 18.9. The summed E-state index contributed by atoms with van der Waals surface area (Å²) in [5.41, 5.74) is 2.85. The first-order valence-corrected chi connectivity index (χ1v) is 14.1. The van der Waals surface area contributed by atoms with Gasteiger partial charge in [-0.15, -0.1) is 0 Å². The van der Waals surface area contributed by atoms with Crippen LogP contribution < -0.4 is 10.1 Å². The van der Waals surface area contributed by atoms with Gasteiger partial charge in [0.1, 0.15) is 23.9 Å². The second-order valence-corrected chi connectivity index (χ2v) is 11.2. The molecule has 2 aliphatic rings. The number of ether oxygens (including phenoxy) is 2. The molecule has 1 amide bonds. The first-order valence-electron chi connectivity index (χ1n) is 14.1. The van der Waals surface area contributed by atoms with Crippen molar-refractivity contribution in [2.24, 2.45) is 5.92 Å². The van der Waals surface area contributed by atoms with Crippen LogP contribution in [0.3, 0.4) is 0 Å². The minimum absolute atomic E-state index is 0.157. The molecule has 208 valence electrons. The molecule has 39 heavy (non-hydrogen) atoms. The van der Waals surface area contributed by atoms with Crippen LogP contribution in [0.1, 0.15) is 39.5 Å². The third kappa shape index (κ3) is 5.58. The Bertz CT molecular complexity index is 1300. The average Bonchev–Trinajstić information content (AvgIpc) is 3.32. The van der Waals surface area contributed by atoms with Crippen LogP contribution in [0.4, 0.5) is 5.82 Å². The molecule has 1 aliphatic carbocycles. The molecule has 1 N–H and O–H groups in total. The molecule has 2 aromatic carbocycles. The summed E-state index contributed by atoms with van der Waals surface area (Å²) in [6, 6.07) is 15.0. The third-order valence-electron chi connectivity index (χ3n) is 8.69. The summed E-state index contributed by atoms with van der Waals surface area (Å²) >= 11 is 0. The lowest BCUT2D eigenvalue weighted by Gasteiger charge is -2.44. The lowest BCUT2D eigenvalue weighted by atomic mass is 9.80. The second-order valence-electron chi connectivity index (χ2n) is 11.2. The molecule has 0 radical (unpaired) electrons. The molecule has 1 saturated heterocycles. The van der Waals surface area contributed by atoms with Crippen LogP contribution in [0.5, 0.6) is 5.75 Å². The van der Waals surface area contributed by atoms with Gasteiger partial charge in [0.05, 0.1) is 19.2 Å². The molecule has 1 aromatic heterocycles. The Kier molecular flexibility index (Phi) is 8.33. The molecule has 8 heteroatoms. The Hall–Kier alpha value is -3.23. The van der Waals surface area contributed by atoms with Gasteiger partial charge in [-0.25, -0.2) is 9.97 Å². The lowest BCUT2D eigenvalue weighted by Crippen LogP contribution is -2.52. The fourth-order valence-corrected chi connectivity index (χ4v) is 6.37. The zero-order valence-electron chi connectivity index (χ0n) is 23.8. The van der Waals surface area contributed by atoms with Crippen molar-refractivity contribution >= 4 is 22.6 Å². The summed E-state index contributed by atoms with van der Waals surface area (Å²) in [5.74, 6) is 1.99. The molecule has 8 nitrogen and oxygen atoms in total. The molecule has 0 spiro atoms. The first kappa shape index (κ1) is 27.3. The van der Waals surface area contributed by atoms with E-state index in [-0.39, 0.29) is 18.0 Å². The van der Waals surface area contributed by atoms with Gasteiger partial charge in [0.15, 0.2) is 0 Å². The molecule has 2 fully saturated rings. The Labute approximate surface area is 231 Å². The lowest BCUT2D eigenvalue weighted by molar-refractivity contribution is -0.133. The van der Waals surface area contributed by atoms with Crippen molar-refractivity contribution in [3.63, 3.8) is 0 Å². The van der Waals surface area contributed by atoms with Crippen LogP contribution in [0, 0.1) is 5.92 Å². The van der Waals surface area contributed by atoms with Gasteiger partial charge in [-0.2, -0.15) is 0 Å². The number of para-hydroxylation sites is 1. The van der Waals surface area contributed by atoms with Crippen molar-refractivity contribution in [2.45, 2.75) is 63.7 Å². The van der Waals surface area contributed by atoms with Crippen molar-refractivity contribution in [3.05, 3.63) is 48.8 Å². The normalized spacial score (nSPS) is 23.7. The number of hydrogen-bond donors (Lipinski definition) is 1. The van der Waals surface area contributed by atoms with Gasteiger partial charge in [-0.1, -0.05) is 24.3 Å². The maximum atomic E-state index is 13.7. The summed E-state index contributed by atoms with van der Waals surface area (Å²) in [7, 11) is 5.66. The number of amides is 1. The zero-order valence-corrected chi connectivity index (χ0v) is 23.8. The Morgan fingerprint density at radius 2 is 1.92 bits per heavy atom. The average molecular weight is 532 g/mol. The van der Waals surface area contributed by atoms with Crippen molar-refractivity contribution < 1.29 is 14.3 Å². The predicted octanol–water partition coefficient (Wildman–Crippen LogP) is 4.84. The van der Waals surface area contributed by atoms with Crippen molar-refractivity contribution in [2.75, 3.05) is 39.7 Å². The van der Waals surface area contributed by atoms with Crippen LogP contribution in [0.15, 0.2) is 48.8 Å². The number of methoxy groups -OCH3 is 2. The van der Waals surface area contributed by atoms with E-state index in [1.54, 1.807) is 20.5 Å². The number of carbonyl (C=O) groups is 1. The smallest absolute Gasteiger partial charge is 0.245 e. The number of hydrogen-bond acceptors (Lipinski definition) is 7. The van der Waals surface area contributed by atoms with E-state index in [4.69, 9.17) is 9.47 Å². The predicted molar refractivity (Wildman–Crippen MR) is 155 cm³/mol. The van der Waals surface area contributed by atoms with Crippen LogP contribution in [-0.2, 0) is 9.53 Å². The number of benzene rings is 2. The van der Waals surface area contributed by atoms with Gasteiger partial charge in [0.25, 0.3) is 0 Å². The molecule has 1 aliphatic heterocycles. The summed E-state index contributed by atoms with van der Waals surface area (Å²) in [6.07, 6.45) is 5.47. The summed E-state index contributed by atoms with van der Waals surface area (Å²) in [5, 5.41) is 4.38. The number of aromatic nitrogens is 2. The summed E-state index contributed by atoms with van der Waals surface area (Å²) < 4.78 is 11.2. The Morgan fingerprint density at radius 3 is 2.69 bits per heavy atom. The zero-order chi connectivity index (χ0) is 27.5. The molecule has 5 rings (SSSR count). The van der Waals surface area contributed by atoms with E-state index in [9.17, 15) is 4.79 Å². The van der Waals surface area contributed by atoms with Crippen molar-refractivity contribution in [1.82, 2.24) is 19.8 Å². The molecule has 0 bridgehead atoms. The SMILES string of the molecule is COC[C@@H]1C[C@H](N(C)C(C)C)CC[C@@H]1N1CCC(Nc2ncnc3ccc(-c4ccccc4OC)cc23)C1=O. The van der Waals surface area contributed by atoms with Gasteiger partial charge in [0, 0.05) is 48.6 Å². The Balaban J connectivity index is 1.35. The largest absolute Gasteiger partial charge is 0.496 e. The molecular weight excluding hydrogens is 490 g/mol. The number of rotatable bonds is 9. The third-order valence-corrected chi connectivity index (χ3v) is 8.69. The van der Waals surface area contributed by atoms with Crippen LogP contribution >= 0.6 is 0 Å². The second kappa shape index (κ2) is 11.9.